The first-order valence-corrected chi connectivity index (χ1v) is 5.07. The summed E-state index contributed by atoms with van der Waals surface area (Å²) in [5, 5.41) is 3.73. The topological polar surface area (TPSA) is 30.7 Å². The fourth-order valence-corrected chi connectivity index (χ4v) is 1.28. The van der Waals surface area contributed by atoms with Crippen LogP contribution in [0, 0.1) is 17.7 Å². The van der Waals surface area contributed by atoms with Crippen molar-refractivity contribution >= 4 is 0 Å². The predicted molar refractivity (Wildman–Crippen MR) is 58.4 cm³/mol. The van der Waals surface area contributed by atoms with Crippen molar-refractivity contribution in [1.82, 2.24) is 14.8 Å². The molecule has 0 bridgehead atoms. The fourth-order valence-electron chi connectivity index (χ4n) is 1.28. The van der Waals surface area contributed by atoms with E-state index in [2.05, 4.69) is 21.9 Å². The van der Waals surface area contributed by atoms with E-state index in [1.807, 2.05) is 0 Å². The highest BCUT2D eigenvalue weighted by Gasteiger charge is 2.04. The van der Waals surface area contributed by atoms with Crippen LogP contribution in [0.25, 0.3) is 0 Å². The van der Waals surface area contributed by atoms with Gasteiger partial charge in [-0.2, -0.15) is 5.10 Å². The summed E-state index contributed by atoms with van der Waals surface area (Å²) in [5.74, 6) is 4.87. The second-order valence-electron chi connectivity index (χ2n) is 3.45. The predicted octanol–water partition coefficient (Wildman–Crippen LogP) is 2.08. The van der Waals surface area contributed by atoms with E-state index in [1.165, 1.54) is 30.7 Å². The van der Waals surface area contributed by atoms with Crippen LogP contribution in [0.5, 0.6) is 0 Å². The average molecular weight is 251 g/mol. The van der Waals surface area contributed by atoms with Crippen molar-refractivity contribution in [2.24, 2.45) is 0 Å². The highest BCUT2D eigenvalue weighted by Crippen LogP contribution is 2.02. The van der Waals surface area contributed by atoms with E-state index in [-0.39, 0.29) is 5.69 Å². The van der Waals surface area contributed by atoms with Gasteiger partial charge in [-0.3, -0.25) is 4.68 Å². The van der Waals surface area contributed by atoms with Crippen LogP contribution in [-0.2, 0) is 6.54 Å². The van der Waals surface area contributed by atoms with Gasteiger partial charge in [-0.05, 0) is 12.0 Å². The molecule has 18 heavy (non-hydrogen) atoms. The molecule has 0 aliphatic rings. The van der Waals surface area contributed by atoms with Gasteiger partial charge < -0.3 is 0 Å². The number of alkyl halides is 2. The van der Waals surface area contributed by atoms with E-state index in [1.54, 1.807) is 0 Å². The molecule has 0 unspecified atom stereocenters. The van der Waals surface area contributed by atoms with Gasteiger partial charge in [0.1, 0.15) is 18.1 Å². The maximum atomic E-state index is 12.8. The summed E-state index contributed by atoms with van der Waals surface area (Å²) in [6.07, 6.45) is 1.61. The second-order valence-corrected chi connectivity index (χ2v) is 3.45. The minimum Gasteiger partial charge on any atom is -0.266 e. The standard InChI is InChI=1S/C12H8F3N3/c13-10-3-4-16-11(5-10)2-1-9-6-17-18(7-9)8-12(14)15/h3-7,12H,8H2. The summed E-state index contributed by atoms with van der Waals surface area (Å²) in [7, 11) is 0. The van der Waals surface area contributed by atoms with Crippen molar-refractivity contribution in [2.75, 3.05) is 0 Å². The van der Waals surface area contributed by atoms with E-state index in [4.69, 9.17) is 0 Å². The van der Waals surface area contributed by atoms with Gasteiger partial charge >= 0.3 is 0 Å². The lowest BCUT2D eigenvalue weighted by Crippen LogP contribution is -2.06. The fraction of sp³-hybridized carbons (Fsp3) is 0.167. The summed E-state index contributed by atoms with van der Waals surface area (Å²) in [6, 6.07) is 2.41. The van der Waals surface area contributed by atoms with Gasteiger partial charge in [-0.15, -0.1) is 0 Å². The maximum Gasteiger partial charge on any atom is 0.257 e. The molecule has 0 aliphatic carbocycles. The van der Waals surface area contributed by atoms with Gasteiger partial charge in [0.15, 0.2) is 0 Å². The van der Waals surface area contributed by atoms with E-state index in [0.29, 0.717) is 5.56 Å². The van der Waals surface area contributed by atoms with E-state index < -0.39 is 18.8 Å². The van der Waals surface area contributed by atoms with Crippen LogP contribution in [0.3, 0.4) is 0 Å². The molecule has 92 valence electrons. The van der Waals surface area contributed by atoms with Crippen molar-refractivity contribution in [3.8, 4) is 11.8 Å². The maximum absolute atomic E-state index is 12.8. The van der Waals surface area contributed by atoms with Crippen LogP contribution in [0.1, 0.15) is 11.3 Å². The quantitative estimate of drug-likeness (QED) is 0.765. The third kappa shape index (κ3) is 3.35. The minimum atomic E-state index is -2.46. The Morgan fingerprint density at radius 2 is 2.17 bits per heavy atom. The number of hydrogen-bond acceptors (Lipinski definition) is 2. The molecule has 0 radical (unpaired) electrons. The Bertz CT molecular complexity index is 596. The molecule has 2 aromatic rings. The molecule has 2 rings (SSSR count). The van der Waals surface area contributed by atoms with Crippen molar-refractivity contribution < 1.29 is 13.2 Å². The average Bonchev–Trinajstić information content (AvgIpc) is 2.73. The van der Waals surface area contributed by atoms with Crippen LogP contribution in [-0.4, -0.2) is 21.2 Å². The second kappa shape index (κ2) is 5.36. The first-order chi connectivity index (χ1) is 8.63. The van der Waals surface area contributed by atoms with Crippen molar-refractivity contribution in [3.63, 3.8) is 0 Å². The molecule has 0 atom stereocenters. The van der Waals surface area contributed by atoms with Crippen LogP contribution in [0.15, 0.2) is 30.7 Å². The third-order valence-corrected chi connectivity index (χ3v) is 2.02. The van der Waals surface area contributed by atoms with Gasteiger partial charge in [0.05, 0.1) is 11.8 Å². The summed E-state index contributed by atoms with van der Waals surface area (Å²) in [6.45, 7) is -0.472. The van der Waals surface area contributed by atoms with Crippen molar-refractivity contribution in [2.45, 2.75) is 13.0 Å². The highest BCUT2D eigenvalue weighted by atomic mass is 19.3. The Labute approximate surface area is 101 Å². The largest absolute Gasteiger partial charge is 0.266 e. The van der Waals surface area contributed by atoms with Crippen molar-refractivity contribution in [1.29, 1.82) is 0 Å². The molecule has 0 saturated heterocycles. The number of halogens is 3. The highest BCUT2D eigenvalue weighted by molar-refractivity contribution is 5.37. The molecule has 3 nitrogen and oxygen atoms in total. The Morgan fingerprint density at radius 3 is 2.89 bits per heavy atom. The number of rotatable bonds is 2. The molecule has 0 amide bonds. The Kier molecular flexibility index (Phi) is 3.63. The van der Waals surface area contributed by atoms with Crippen LogP contribution in [0.4, 0.5) is 13.2 Å². The zero-order valence-electron chi connectivity index (χ0n) is 9.15. The molecule has 2 aromatic heterocycles. The van der Waals surface area contributed by atoms with Gasteiger partial charge in [0.25, 0.3) is 6.43 Å². The van der Waals surface area contributed by atoms with E-state index in [0.717, 1.165) is 4.68 Å². The molecule has 0 spiro atoms. The molecular formula is C12H8F3N3. The van der Waals surface area contributed by atoms with Crippen LogP contribution in [0.2, 0.25) is 0 Å². The van der Waals surface area contributed by atoms with Gasteiger partial charge in [-0.1, -0.05) is 5.92 Å². The first-order valence-electron chi connectivity index (χ1n) is 5.07. The molecule has 0 saturated carbocycles. The van der Waals surface area contributed by atoms with Gasteiger partial charge in [0.2, 0.25) is 0 Å². The zero-order chi connectivity index (χ0) is 13.0. The molecule has 0 fully saturated rings. The van der Waals surface area contributed by atoms with Gasteiger partial charge in [0, 0.05) is 18.5 Å². The number of pyridine rings is 1. The molecular weight excluding hydrogens is 243 g/mol. The molecule has 0 aliphatic heterocycles. The lowest BCUT2D eigenvalue weighted by Gasteiger charge is -1.96. The first kappa shape index (κ1) is 12.2. The lowest BCUT2D eigenvalue weighted by atomic mass is 10.3. The normalized spacial score (nSPS) is 10.2. The Hall–Kier alpha value is -2.29. The molecule has 0 aromatic carbocycles. The summed E-state index contributed by atoms with van der Waals surface area (Å²) in [4.78, 5) is 3.85. The number of hydrogen-bond donors (Lipinski definition) is 0. The minimum absolute atomic E-state index is 0.275. The van der Waals surface area contributed by atoms with E-state index >= 15 is 0 Å². The number of nitrogens with zero attached hydrogens (tertiary/aromatic N) is 3. The lowest BCUT2D eigenvalue weighted by molar-refractivity contribution is 0.122. The Morgan fingerprint density at radius 1 is 1.33 bits per heavy atom. The molecule has 6 heteroatoms. The van der Waals surface area contributed by atoms with E-state index in [9.17, 15) is 13.2 Å². The van der Waals surface area contributed by atoms with Crippen LogP contribution < -0.4 is 0 Å². The van der Waals surface area contributed by atoms with Crippen LogP contribution >= 0.6 is 0 Å². The molecule has 0 N–H and O–H groups in total. The van der Waals surface area contributed by atoms with Gasteiger partial charge in [-0.25, -0.2) is 18.2 Å². The zero-order valence-corrected chi connectivity index (χ0v) is 9.15. The SMILES string of the molecule is Fc1ccnc(C#Cc2cnn(CC(F)F)c2)c1. The summed E-state index contributed by atoms with van der Waals surface area (Å²) < 4.78 is 38.1. The smallest absolute Gasteiger partial charge is 0.257 e. The molecule has 2 heterocycles. The number of aromatic nitrogens is 3. The summed E-state index contributed by atoms with van der Waals surface area (Å²) >= 11 is 0. The summed E-state index contributed by atoms with van der Waals surface area (Å²) in [5.41, 5.74) is 0.748. The Balaban J connectivity index is 2.12. The monoisotopic (exact) mass is 251 g/mol. The third-order valence-electron chi connectivity index (χ3n) is 2.02. The van der Waals surface area contributed by atoms with Crippen molar-refractivity contribution in [3.05, 3.63) is 47.8 Å².